The molecule has 4 rings (SSSR count). The van der Waals surface area contributed by atoms with Gasteiger partial charge in [0.1, 0.15) is 0 Å². The molecule has 1 aromatic heterocycles. The van der Waals surface area contributed by atoms with Gasteiger partial charge in [-0.2, -0.15) is 31.8 Å². The average molecular weight is 656 g/mol. The number of carboxylic acid groups (broad SMARTS) is 1. The number of rotatable bonds is 13. The quantitative estimate of drug-likeness (QED) is 0.0444. The van der Waals surface area contributed by atoms with E-state index in [-0.39, 0.29) is 63.5 Å². The first-order valence-corrected chi connectivity index (χ1v) is 15.2. The first-order valence-electron chi connectivity index (χ1n) is 11.6. The number of anilines is 5. The van der Waals surface area contributed by atoms with Gasteiger partial charge in [0.05, 0.1) is 38.8 Å². The summed E-state index contributed by atoms with van der Waals surface area (Å²) < 4.78 is 71.8. The van der Waals surface area contributed by atoms with Crippen molar-refractivity contribution in [1.82, 2.24) is 15.0 Å². The molecule has 3 aromatic carbocycles. The normalized spacial score (nSPS) is 11.8. The predicted molar refractivity (Wildman–Crippen MR) is 152 cm³/mol. The fourth-order valence-electron chi connectivity index (χ4n) is 3.71. The molecule has 228 valence electrons. The Morgan fingerprint density at radius 1 is 0.884 bits per heavy atom. The number of fused-ring (bicyclic) bond motifs is 1. The number of nitrogens with two attached hydrogens (primary N) is 1. The van der Waals surface area contributed by atoms with Gasteiger partial charge >= 0.3 is 5.97 Å². The number of para-hydroxylation sites is 1. The van der Waals surface area contributed by atoms with Crippen LogP contribution in [0.1, 0.15) is 10.4 Å². The molecule has 0 aliphatic rings. The highest BCUT2D eigenvalue weighted by Crippen LogP contribution is 2.39. The Kier molecular flexibility index (Phi) is 9.59. The number of carboxylic acids is 1. The lowest BCUT2D eigenvalue weighted by Gasteiger charge is -2.16. The van der Waals surface area contributed by atoms with E-state index in [0.717, 1.165) is 24.3 Å². The molecule has 9 N–H and O–H groups in total. The number of hydrogen-bond donors (Lipinski definition) is 8. The monoisotopic (exact) mass is 655 g/mol. The van der Waals surface area contributed by atoms with Gasteiger partial charge in [-0.3, -0.25) is 9.11 Å². The summed E-state index contributed by atoms with van der Waals surface area (Å²) in [6.45, 7) is 0.400. The third-order valence-corrected chi connectivity index (χ3v) is 7.72. The van der Waals surface area contributed by atoms with Gasteiger partial charge in [0.15, 0.2) is 0 Å². The average Bonchev–Trinajstić information content (AvgIpc) is 2.93. The molecule has 0 aliphatic heterocycles. The summed E-state index contributed by atoms with van der Waals surface area (Å²) in [5.41, 5.74) is 5.46. The van der Waals surface area contributed by atoms with Gasteiger partial charge in [0, 0.05) is 23.4 Å². The van der Waals surface area contributed by atoms with Crippen molar-refractivity contribution in [2.24, 2.45) is 5.73 Å². The molecule has 4 aromatic rings. The number of aromatic carboxylic acids is 1. The maximum absolute atomic E-state index is 12.1. The Morgan fingerprint density at radius 3 is 2.05 bits per heavy atom. The minimum atomic E-state index is -4.87. The van der Waals surface area contributed by atoms with Crippen LogP contribution >= 0.6 is 12.0 Å². The third-order valence-electron chi connectivity index (χ3n) is 5.42. The molecule has 0 saturated carbocycles. The van der Waals surface area contributed by atoms with Gasteiger partial charge in [-0.25, -0.2) is 10.1 Å². The van der Waals surface area contributed by atoms with Crippen LogP contribution in [0, 0.1) is 0 Å². The summed E-state index contributed by atoms with van der Waals surface area (Å²) in [5.74, 6) is -1.66. The van der Waals surface area contributed by atoms with Crippen LogP contribution in [0.15, 0.2) is 63.2 Å². The first kappa shape index (κ1) is 31.7. The number of carbonyl (C=O) groups is 1. The Labute approximate surface area is 246 Å². The van der Waals surface area contributed by atoms with Crippen LogP contribution in [0.25, 0.3) is 10.8 Å². The molecule has 0 spiro atoms. The number of nitrogens with one attached hydrogen (secondary N) is 3. The van der Waals surface area contributed by atoms with E-state index in [1.54, 1.807) is 6.07 Å². The summed E-state index contributed by atoms with van der Waals surface area (Å²) in [6.07, 6.45) is 0. The summed E-state index contributed by atoms with van der Waals surface area (Å²) in [6, 6.07) is 9.67. The highest BCUT2D eigenvalue weighted by molar-refractivity contribution is 7.94. The maximum atomic E-state index is 12.1. The maximum Gasteiger partial charge on any atom is 0.337 e. The fraction of sp³-hybridized carbons (Fsp3) is 0.0909. The van der Waals surface area contributed by atoms with Gasteiger partial charge < -0.3 is 26.8 Å². The van der Waals surface area contributed by atoms with Gasteiger partial charge in [0.2, 0.25) is 17.8 Å². The van der Waals surface area contributed by atoms with E-state index in [1.807, 2.05) is 0 Å². The molecule has 0 atom stereocenters. The van der Waals surface area contributed by atoms with E-state index in [1.165, 1.54) is 18.2 Å². The van der Waals surface area contributed by atoms with E-state index < -0.39 is 36.0 Å². The van der Waals surface area contributed by atoms with Crippen LogP contribution in [0.4, 0.5) is 29.2 Å². The van der Waals surface area contributed by atoms with Crippen molar-refractivity contribution in [2.45, 2.75) is 14.7 Å². The number of benzene rings is 3. The SMILES string of the molecule is NCCNc1nc(Nc2ccccc2C(=O)O)nc(Nc2cc(S(=O)(=O)O)cc3cc(S(=O)(=O)O)cc(SOOO)c23)n1. The number of nitrogens with zero attached hydrogens (tertiary/aromatic N) is 3. The van der Waals surface area contributed by atoms with Crippen molar-refractivity contribution >= 4 is 78.2 Å². The van der Waals surface area contributed by atoms with E-state index >= 15 is 0 Å². The lowest BCUT2D eigenvalue weighted by Crippen LogP contribution is -2.16. The van der Waals surface area contributed by atoms with Crippen molar-refractivity contribution in [3.05, 3.63) is 54.1 Å². The van der Waals surface area contributed by atoms with E-state index in [2.05, 4.69) is 40.3 Å². The molecule has 0 unspecified atom stereocenters. The Balaban J connectivity index is 1.92. The van der Waals surface area contributed by atoms with E-state index in [9.17, 15) is 35.8 Å². The molecule has 0 fully saturated rings. The van der Waals surface area contributed by atoms with Gasteiger partial charge in [-0.15, -0.1) is 4.33 Å². The minimum Gasteiger partial charge on any atom is -0.478 e. The fourth-order valence-corrected chi connectivity index (χ4v) is 5.46. The molecule has 0 saturated heterocycles. The lowest BCUT2D eigenvalue weighted by atomic mass is 10.1. The zero-order valence-electron chi connectivity index (χ0n) is 21.3. The highest BCUT2D eigenvalue weighted by Gasteiger charge is 2.22. The summed E-state index contributed by atoms with van der Waals surface area (Å²) in [4.78, 5) is 22.8. The molecule has 43 heavy (non-hydrogen) atoms. The molecule has 0 radical (unpaired) electrons. The molecule has 21 heteroatoms. The van der Waals surface area contributed by atoms with Crippen LogP contribution in [-0.2, 0) is 29.6 Å². The van der Waals surface area contributed by atoms with Crippen LogP contribution in [-0.4, -0.2) is 70.3 Å². The highest BCUT2D eigenvalue weighted by atomic mass is 32.2. The second-order valence-corrected chi connectivity index (χ2v) is 11.9. The lowest BCUT2D eigenvalue weighted by molar-refractivity contribution is -0.432. The first-order chi connectivity index (χ1) is 20.3. The molecule has 1 heterocycles. The molecular weight excluding hydrogens is 634 g/mol. The second-order valence-electron chi connectivity index (χ2n) is 8.29. The molecule has 0 aliphatic carbocycles. The van der Waals surface area contributed by atoms with Crippen molar-refractivity contribution in [1.29, 1.82) is 0 Å². The van der Waals surface area contributed by atoms with Gasteiger partial charge in [0.25, 0.3) is 20.2 Å². The smallest absolute Gasteiger partial charge is 0.337 e. The standard InChI is InChI=1S/C22H21N7O11S3/c23-5-6-24-20-27-21(25-15-4-2-1-3-14(15)19(30)31)29-22(28-20)26-16-9-12(42(33,34)35)7-11-8-13(43(36,37)38)10-17(18(11)16)41-40-39-32/h1-4,7-10,32H,5-6,23H2,(H,30,31)(H,33,34,35)(H,36,37,38)(H3,24,25,26,27,28,29). The van der Waals surface area contributed by atoms with Crippen LogP contribution in [0.2, 0.25) is 0 Å². The van der Waals surface area contributed by atoms with Crippen molar-refractivity contribution in [3.8, 4) is 0 Å². The Bertz CT molecular complexity index is 1900. The third kappa shape index (κ3) is 7.81. The molecule has 18 nitrogen and oxygen atoms in total. The Hall–Kier alpha value is -4.19. The largest absolute Gasteiger partial charge is 0.478 e. The van der Waals surface area contributed by atoms with E-state index in [4.69, 9.17) is 11.0 Å². The van der Waals surface area contributed by atoms with Crippen LogP contribution in [0.5, 0.6) is 0 Å². The van der Waals surface area contributed by atoms with Crippen molar-refractivity contribution < 1.29 is 50.5 Å². The Morgan fingerprint density at radius 2 is 1.47 bits per heavy atom. The molecular formula is C22H21N7O11S3. The molecule has 0 amide bonds. The second kappa shape index (κ2) is 13.0. The van der Waals surface area contributed by atoms with Gasteiger partial charge in [-0.05, 0) is 41.8 Å². The number of hydrogen-bond acceptors (Lipinski definition) is 16. The van der Waals surface area contributed by atoms with Crippen molar-refractivity contribution in [2.75, 3.05) is 29.0 Å². The van der Waals surface area contributed by atoms with Crippen molar-refractivity contribution in [3.63, 3.8) is 0 Å². The number of aromatic nitrogens is 3. The zero-order valence-corrected chi connectivity index (χ0v) is 23.8. The summed E-state index contributed by atoms with van der Waals surface area (Å²) in [7, 11) is -9.70. The predicted octanol–water partition coefficient (Wildman–Crippen LogP) is 2.50. The summed E-state index contributed by atoms with van der Waals surface area (Å²) >= 11 is 0.295. The summed E-state index contributed by atoms with van der Waals surface area (Å²) in [5, 5.41) is 30.1. The van der Waals surface area contributed by atoms with Gasteiger partial charge in [-0.1, -0.05) is 17.2 Å². The van der Waals surface area contributed by atoms with Crippen LogP contribution in [0.3, 0.4) is 0 Å². The zero-order chi connectivity index (χ0) is 31.4. The molecule has 0 bridgehead atoms. The topological polar surface area (TPSA) is 286 Å². The van der Waals surface area contributed by atoms with Crippen LogP contribution < -0.4 is 21.7 Å². The minimum absolute atomic E-state index is 0.0335. The van der Waals surface area contributed by atoms with E-state index in [0.29, 0.717) is 12.0 Å².